The maximum Gasteiger partial charge on any atom is 0.137 e. The zero-order valence-electron chi connectivity index (χ0n) is 14.6. The van der Waals surface area contributed by atoms with E-state index in [1.807, 2.05) is 0 Å². The Morgan fingerprint density at radius 1 is 1.12 bits per heavy atom. The number of ether oxygens (including phenoxy) is 2. The summed E-state index contributed by atoms with van der Waals surface area (Å²) in [7, 11) is 3.41. The molecule has 7 heteroatoms. The molecule has 0 unspecified atom stereocenters. The van der Waals surface area contributed by atoms with E-state index in [-0.39, 0.29) is 24.8 Å². The fourth-order valence-electron chi connectivity index (χ4n) is 3.03. The number of rotatable bonds is 7. The maximum absolute atomic E-state index is 5.51. The highest BCUT2D eigenvalue weighted by molar-refractivity contribution is 9.10. The lowest BCUT2D eigenvalue weighted by Crippen LogP contribution is -2.45. The third kappa shape index (κ3) is 5.95. The molecule has 0 aromatic heterocycles. The first kappa shape index (κ1) is 23.8. The molecule has 2 rings (SSSR count). The second kappa shape index (κ2) is 12.2. The quantitative estimate of drug-likeness (QED) is 0.674. The fraction of sp³-hybridized carbons (Fsp3) is 0.647. The van der Waals surface area contributed by atoms with Crippen LogP contribution in [-0.2, 0) is 0 Å². The SMILES string of the molecule is CCCC[C@H](c1cc(OC)c(Br)c(OC)c1)N1CCNCC1.Cl.Cl. The monoisotopic (exact) mass is 442 g/mol. The zero-order valence-corrected chi connectivity index (χ0v) is 17.9. The van der Waals surface area contributed by atoms with Crippen LogP contribution < -0.4 is 14.8 Å². The first-order chi connectivity index (χ1) is 10.7. The molecule has 1 aliphatic rings. The van der Waals surface area contributed by atoms with Crippen molar-refractivity contribution in [1.82, 2.24) is 10.2 Å². The van der Waals surface area contributed by atoms with Gasteiger partial charge in [-0.25, -0.2) is 0 Å². The third-order valence-electron chi connectivity index (χ3n) is 4.28. The Labute approximate surface area is 166 Å². The first-order valence-corrected chi connectivity index (χ1v) is 8.86. The first-order valence-electron chi connectivity index (χ1n) is 8.07. The van der Waals surface area contributed by atoms with E-state index in [2.05, 4.69) is 45.2 Å². The standard InChI is InChI=1S/C17H27BrN2O2.2ClH/c1-4-5-6-14(20-9-7-19-8-10-20)13-11-15(21-2)17(18)16(12-13)22-3;;/h11-12,14,19H,4-10H2,1-3H3;2*1H/t14-;;/m1../s1. The van der Waals surface area contributed by atoms with Gasteiger partial charge in [-0.1, -0.05) is 19.8 Å². The predicted octanol–water partition coefficient (Wildman–Crippen LogP) is 4.45. The Balaban J connectivity index is 0.00000264. The van der Waals surface area contributed by atoms with E-state index in [9.17, 15) is 0 Å². The van der Waals surface area contributed by atoms with Gasteiger partial charge in [-0.3, -0.25) is 4.90 Å². The minimum absolute atomic E-state index is 0. The molecule has 1 N–H and O–H groups in total. The van der Waals surface area contributed by atoms with E-state index in [4.69, 9.17) is 9.47 Å². The molecule has 140 valence electrons. The summed E-state index contributed by atoms with van der Waals surface area (Å²) in [6.45, 7) is 6.56. The molecule has 1 saturated heterocycles. The fourth-order valence-corrected chi connectivity index (χ4v) is 3.59. The Morgan fingerprint density at radius 3 is 2.12 bits per heavy atom. The number of benzene rings is 1. The van der Waals surface area contributed by atoms with Crippen molar-refractivity contribution < 1.29 is 9.47 Å². The average Bonchev–Trinajstić information content (AvgIpc) is 2.57. The van der Waals surface area contributed by atoms with Crippen LogP contribution in [0.3, 0.4) is 0 Å². The van der Waals surface area contributed by atoms with Gasteiger partial charge in [0.2, 0.25) is 0 Å². The second-order valence-electron chi connectivity index (χ2n) is 5.68. The highest BCUT2D eigenvalue weighted by Crippen LogP contribution is 2.39. The largest absolute Gasteiger partial charge is 0.495 e. The van der Waals surface area contributed by atoms with Crippen molar-refractivity contribution >= 4 is 40.7 Å². The molecule has 1 aromatic carbocycles. The summed E-state index contributed by atoms with van der Waals surface area (Å²) in [5.41, 5.74) is 1.28. The number of piperazine rings is 1. The molecular formula is C17H29BrCl2N2O2. The molecule has 0 bridgehead atoms. The van der Waals surface area contributed by atoms with Gasteiger partial charge >= 0.3 is 0 Å². The topological polar surface area (TPSA) is 33.7 Å². The molecule has 0 amide bonds. The number of nitrogens with zero attached hydrogens (tertiary/aromatic N) is 1. The molecule has 4 nitrogen and oxygen atoms in total. The van der Waals surface area contributed by atoms with Crippen molar-refractivity contribution in [3.63, 3.8) is 0 Å². The Morgan fingerprint density at radius 2 is 1.67 bits per heavy atom. The van der Waals surface area contributed by atoms with Crippen LogP contribution in [0.2, 0.25) is 0 Å². The second-order valence-corrected chi connectivity index (χ2v) is 6.48. The maximum atomic E-state index is 5.51. The Bertz CT molecular complexity index is 461. The van der Waals surface area contributed by atoms with Crippen molar-refractivity contribution in [3.8, 4) is 11.5 Å². The van der Waals surface area contributed by atoms with Crippen molar-refractivity contribution in [2.45, 2.75) is 32.2 Å². The van der Waals surface area contributed by atoms with Crippen LogP contribution in [0, 0.1) is 0 Å². The van der Waals surface area contributed by atoms with Gasteiger partial charge < -0.3 is 14.8 Å². The van der Waals surface area contributed by atoms with E-state index in [0.717, 1.165) is 42.2 Å². The van der Waals surface area contributed by atoms with Gasteiger partial charge in [0.25, 0.3) is 0 Å². The highest BCUT2D eigenvalue weighted by Gasteiger charge is 2.24. The summed E-state index contributed by atoms with van der Waals surface area (Å²) in [6.07, 6.45) is 3.62. The number of hydrogen-bond donors (Lipinski definition) is 1. The molecule has 0 radical (unpaired) electrons. The summed E-state index contributed by atoms with van der Waals surface area (Å²) in [5, 5.41) is 3.43. The number of methoxy groups -OCH3 is 2. The van der Waals surface area contributed by atoms with Crippen LogP contribution in [0.4, 0.5) is 0 Å². The molecular weight excluding hydrogens is 415 g/mol. The van der Waals surface area contributed by atoms with E-state index >= 15 is 0 Å². The van der Waals surface area contributed by atoms with E-state index < -0.39 is 0 Å². The van der Waals surface area contributed by atoms with Crippen molar-refractivity contribution in [3.05, 3.63) is 22.2 Å². The van der Waals surface area contributed by atoms with Crippen LogP contribution in [-0.4, -0.2) is 45.3 Å². The molecule has 1 aliphatic heterocycles. The minimum atomic E-state index is 0. The van der Waals surface area contributed by atoms with E-state index in [0.29, 0.717) is 6.04 Å². The van der Waals surface area contributed by atoms with Crippen LogP contribution in [0.5, 0.6) is 11.5 Å². The third-order valence-corrected chi connectivity index (χ3v) is 5.06. The van der Waals surface area contributed by atoms with Crippen LogP contribution >= 0.6 is 40.7 Å². The zero-order chi connectivity index (χ0) is 15.9. The van der Waals surface area contributed by atoms with Gasteiger partial charge in [0, 0.05) is 32.2 Å². The van der Waals surface area contributed by atoms with Crippen LogP contribution in [0.1, 0.15) is 37.8 Å². The summed E-state index contributed by atoms with van der Waals surface area (Å²) in [5.74, 6) is 1.68. The van der Waals surface area contributed by atoms with Gasteiger partial charge in [0.05, 0.1) is 14.2 Å². The van der Waals surface area contributed by atoms with Crippen LogP contribution in [0.25, 0.3) is 0 Å². The Hall–Kier alpha value is -0.200. The van der Waals surface area contributed by atoms with Gasteiger partial charge in [0.1, 0.15) is 16.0 Å². The Kier molecular flexibility index (Phi) is 12.1. The molecule has 1 fully saturated rings. The lowest BCUT2D eigenvalue weighted by atomic mass is 9.98. The lowest BCUT2D eigenvalue weighted by Gasteiger charge is -2.35. The summed E-state index contributed by atoms with van der Waals surface area (Å²) in [6, 6.07) is 4.72. The number of nitrogens with one attached hydrogen (secondary N) is 1. The van der Waals surface area contributed by atoms with Gasteiger partial charge in [-0.05, 0) is 40.0 Å². The summed E-state index contributed by atoms with van der Waals surface area (Å²) in [4.78, 5) is 2.58. The number of hydrogen-bond acceptors (Lipinski definition) is 4. The average molecular weight is 444 g/mol. The molecule has 0 aliphatic carbocycles. The van der Waals surface area contributed by atoms with Crippen LogP contribution in [0.15, 0.2) is 16.6 Å². The molecule has 1 atom stereocenters. The van der Waals surface area contributed by atoms with Crippen molar-refractivity contribution in [1.29, 1.82) is 0 Å². The molecule has 0 spiro atoms. The molecule has 1 aromatic rings. The molecule has 24 heavy (non-hydrogen) atoms. The summed E-state index contributed by atoms with van der Waals surface area (Å²) < 4.78 is 11.9. The lowest BCUT2D eigenvalue weighted by molar-refractivity contribution is 0.162. The summed E-state index contributed by atoms with van der Waals surface area (Å²) >= 11 is 3.56. The van der Waals surface area contributed by atoms with E-state index in [1.165, 1.54) is 24.8 Å². The van der Waals surface area contributed by atoms with Gasteiger partial charge in [-0.2, -0.15) is 0 Å². The number of halogens is 3. The van der Waals surface area contributed by atoms with Gasteiger partial charge in [0.15, 0.2) is 0 Å². The number of unbranched alkanes of at least 4 members (excludes halogenated alkanes) is 1. The van der Waals surface area contributed by atoms with Crippen molar-refractivity contribution in [2.75, 3.05) is 40.4 Å². The predicted molar refractivity (Wildman–Crippen MR) is 108 cm³/mol. The highest BCUT2D eigenvalue weighted by atomic mass is 79.9. The van der Waals surface area contributed by atoms with E-state index in [1.54, 1.807) is 14.2 Å². The smallest absolute Gasteiger partial charge is 0.137 e. The minimum Gasteiger partial charge on any atom is -0.495 e. The molecule has 0 saturated carbocycles. The van der Waals surface area contributed by atoms with Gasteiger partial charge in [-0.15, -0.1) is 24.8 Å². The van der Waals surface area contributed by atoms with Crippen molar-refractivity contribution in [2.24, 2.45) is 0 Å². The molecule has 1 heterocycles. The normalized spacial score (nSPS) is 15.8.